The Hall–Kier alpha value is -2.17. The second kappa shape index (κ2) is 12.8. The van der Waals surface area contributed by atoms with E-state index in [2.05, 4.69) is 26.6 Å². The van der Waals surface area contributed by atoms with Crippen molar-refractivity contribution in [3.63, 3.8) is 0 Å². The highest BCUT2D eigenvalue weighted by molar-refractivity contribution is 9.09. The zero-order valence-corrected chi connectivity index (χ0v) is 24.9. The summed E-state index contributed by atoms with van der Waals surface area (Å²) in [6.07, 6.45) is 8.43. The molecule has 40 heavy (non-hydrogen) atoms. The molecule has 3 aliphatic heterocycles. The maximum atomic E-state index is 14.1. The highest BCUT2D eigenvalue weighted by atomic mass is 79.9. The number of amides is 3. The largest absolute Gasteiger partial charge is 0.494 e. The Labute approximate surface area is 244 Å². The number of hydrogen-bond donors (Lipinski definition) is 3. The summed E-state index contributed by atoms with van der Waals surface area (Å²) in [7, 11) is 0. The van der Waals surface area contributed by atoms with Crippen LogP contribution in [0.3, 0.4) is 0 Å². The Balaban J connectivity index is 1.38. The molecule has 4 fully saturated rings. The van der Waals surface area contributed by atoms with Crippen molar-refractivity contribution in [1.29, 1.82) is 0 Å². The quantitative estimate of drug-likeness (QED) is 0.242. The molecule has 1 aromatic carbocycles. The van der Waals surface area contributed by atoms with Crippen molar-refractivity contribution in [3.8, 4) is 5.75 Å². The summed E-state index contributed by atoms with van der Waals surface area (Å²) >= 11 is 3.74. The van der Waals surface area contributed by atoms with Gasteiger partial charge in [-0.05, 0) is 63.3 Å². The number of carbonyl (C=O) groups excluding carboxylic acids is 3. The third-order valence-electron chi connectivity index (χ3n) is 9.03. The molecule has 0 aromatic heterocycles. The molecule has 6 atom stereocenters. The summed E-state index contributed by atoms with van der Waals surface area (Å²) in [5, 5.41) is 15.4. The van der Waals surface area contributed by atoms with Gasteiger partial charge in [-0.1, -0.05) is 48.0 Å². The number of benzene rings is 1. The number of halogens is 1. The smallest absolute Gasteiger partial charge is 0.246 e. The van der Waals surface area contributed by atoms with Gasteiger partial charge in [0, 0.05) is 29.7 Å². The number of nitrogens with zero attached hydrogens (tertiary/aromatic N) is 1. The van der Waals surface area contributed by atoms with E-state index in [1.165, 1.54) is 6.42 Å². The van der Waals surface area contributed by atoms with Crippen molar-refractivity contribution in [2.75, 3.05) is 25.1 Å². The zero-order chi connectivity index (χ0) is 28.3. The monoisotopic (exact) mass is 619 g/mol. The molecule has 3 unspecified atom stereocenters. The molecule has 1 aliphatic carbocycles. The van der Waals surface area contributed by atoms with Crippen molar-refractivity contribution in [1.82, 2.24) is 10.2 Å². The first-order valence-electron chi connectivity index (χ1n) is 15.0. The lowest BCUT2D eigenvalue weighted by molar-refractivity contribution is -0.141. The van der Waals surface area contributed by atoms with E-state index in [1.54, 1.807) is 29.2 Å². The van der Waals surface area contributed by atoms with Crippen LogP contribution in [0.25, 0.3) is 0 Å². The lowest BCUT2D eigenvalue weighted by atomic mass is 9.70. The van der Waals surface area contributed by atoms with Crippen LogP contribution in [0.2, 0.25) is 0 Å². The number of unbranched alkanes of at least 4 members (excludes halogenated alkanes) is 3. The van der Waals surface area contributed by atoms with Gasteiger partial charge in [0.1, 0.15) is 17.4 Å². The van der Waals surface area contributed by atoms with Crippen molar-refractivity contribution in [3.05, 3.63) is 24.3 Å². The average molecular weight is 621 g/mol. The molecule has 0 radical (unpaired) electrons. The lowest BCUT2D eigenvalue weighted by Gasteiger charge is -2.35. The van der Waals surface area contributed by atoms with Gasteiger partial charge in [0.2, 0.25) is 17.7 Å². The highest BCUT2D eigenvalue weighted by Crippen LogP contribution is 2.60. The van der Waals surface area contributed by atoms with Gasteiger partial charge >= 0.3 is 0 Å². The van der Waals surface area contributed by atoms with Crippen LogP contribution in [0, 0.1) is 11.8 Å². The van der Waals surface area contributed by atoms with E-state index in [4.69, 9.17) is 14.6 Å². The number of hydrogen-bond acceptors (Lipinski definition) is 6. The van der Waals surface area contributed by atoms with Gasteiger partial charge in [-0.2, -0.15) is 0 Å². The Morgan fingerprint density at radius 2 is 1.82 bits per heavy atom. The van der Waals surface area contributed by atoms with Crippen molar-refractivity contribution < 1.29 is 29.0 Å². The number of ether oxygens (including phenoxy) is 2. The third kappa shape index (κ3) is 5.63. The zero-order valence-electron chi connectivity index (χ0n) is 23.3. The predicted molar refractivity (Wildman–Crippen MR) is 154 cm³/mol. The Bertz CT molecular complexity index is 1060. The summed E-state index contributed by atoms with van der Waals surface area (Å²) in [5.41, 5.74) is -0.421. The number of nitrogens with one attached hydrogen (secondary N) is 2. The Morgan fingerprint density at radius 3 is 2.52 bits per heavy atom. The van der Waals surface area contributed by atoms with E-state index < -0.39 is 29.6 Å². The SMILES string of the molecule is CCOc1ccc(NC(=O)[C@H]2[C@@H]3OC4(CC3Br)C(C(=O)NC3CCCCC3)N(CCCCCCO)C(=O)[C@H]24)cc1. The Morgan fingerprint density at radius 1 is 1.10 bits per heavy atom. The maximum absolute atomic E-state index is 14.1. The number of aliphatic hydroxyl groups is 1. The number of anilines is 1. The fraction of sp³-hybridized carbons (Fsp3) is 0.700. The summed E-state index contributed by atoms with van der Waals surface area (Å²) in [5.74, 6) is -1.30. The van der Waals surface area contributed by atoms with Crippen LogP contribution in [0.5, 0.6) is 5.75 Å². The molecule has 220 valence electrons. The predicted octanol–water partition coefficient (Wildman–Crippen LogP) is 3.77. The van der Waals surface area contributed by atoms with Gasteiger partial charge < -0.3 is 30.1 Å². The summed E-state index contributed by atoms with van der Waals surface area (Å²) < 4.78 is 12.1. The van der Waals surface area contributed by atoms with E-state index in [0.717, 1.165) is 57.1 Å². The first-order valence-corrected chi connectivity index (χ1v) is 15.9. The van der Waals surface area contributed by atoms with Crippen molar-refractivity contribution in [2.45, 2.75) is 99.7 Å². The van der Waals surface area contributed by atoms with E-state index in [0.29, 0.717) is 25.3 Å². The minimum Gasteiger partial charge on any atom is -0.494 e. The maximum Gasteiger partial charge on any atom is 0.246 e. The number of carbonyl (C=O) groups is 3. The Kier molecular flexibility index (Phi) is 9.37. The van der Waals surface area contributed by atoms with E-state index >= 15 is 0 Å². The number of likely N-dealkylation sites (tertiary alicyclic amines) is 1. The van der Waals surface area contributed by atoms with Crippen LogP contribution in [0.15, 0.2) is 24.3 Å². The molecule has 9 nitrogen and oxygen atoms in total. The fourth-order valence-electron chi connectivity index (χ4n) is 7.27. The van der Waals surface area contributed by atoms with E-state index in [-0.39, 0.29) is 35.2 Å². The van der Waals surface area contributed by atoms with Crippen LogP contribution >= 0.6 is 15.9 Å². The normalized spacial score (nSPS) is 31.3. The van der Waals surface area contributed by atoms with Gasteiger partial charge in [0.15, 0.2) is 0 Å². The average Bonchev–Trinajstić information content (AvgIpc) is 3.53. The first-order chi connectivity index (χ1) is 19.4. The van der Waals surface area contributed by atoms with Gasteiger partial charge in [-0.15, -0.1) is 0 Å². The molecular formula is C30H42BrN3O6. The van der Waals surface area contributed by atoms with Gasteiger partial charge in [-0.3, -0.25) is 14.4 Å². The molecule has 5 rings (SSSR count). The molecule has 2 bridgehead atoms. The van der Waals surface area contributed by atoms with Gasteiger partial charge in [-0.25, -0.2) is 0 Å². The molecule has 3 heterocycles. The molecule has 4 aliphatic rings. The summed E-state index contributed by atoms with van der Waals surface area (Å²) in [6, 6.07) is 6.52. The lowest BCUT2D eigenvalue weighted by Crippen LogP contribution is -2.57. The van der Waals surface area contributed by atoms with Crippen LogP contribution in [0.4, 0.5) is 5.69 Å². The molecule has 1 aromatic rings. The number of alkyl halides is 1. The van der Waals surface area contributed by atoms with Crippen LogP contribution < -0.4 is 15.4 Å². The second-order valence-corrected chi connectivity index (χ2v) is 12.8. The number of aliphatic hydroxyl groups excluding tert-OH is 1. The molecular weight excluding hydrogens is 578 g/mol. The second-order valence-electron chi connectivity index (χ2n) is 11.6. The van der Waals surface area contributed by atoms with E-state index in [9.17, 15) is 14.4 Å². The van der Waals surface area contributed by atoms with Crippen molar-refractivity contribution in [2.24, 2.45) is 11.8 Å². The molecule has 3 amide bonds. The standard InChI is InChI=1S/C30H42BrN3O6/c1-2-39-21-14-12-20(13-15-21)32-27(36)23-24-29(38)34(16-8-3-4-9-17-35)26(30(24)18-22(31)25(23)40-30)28(37)33-19-10-6-5-7-11-19/h12-15,19,22-26,35H,2-11,16-18H2,1H3,(H,32,36)(H,33,37)/t22?,23-,24+,25-,26?,30?/m1/s1. The van der Waals surface area contributed by atoms with Crippen LogP contribution in [-0.4, -0.2) is 76.1 Å². The first kappa shape index (κ1) is 29.3. The summed E-state index contributed by atoms with van der Waals surface area (Å²) in [4.78, 5) is 43.3. The molecule has 1 saturated carbocycles. The minimum absolute atomic E-state index is 0.107. The molecule has 10 heteroatoms. The van der Waals surface area contributed by atoms with Crippen LogP contribution in [0.1, 0.15) is 71.1 Å². The fourth-order valence-corrected chi connectivity index (χ4v) is 8.21. The summed E-state index contributed by atoms with van der Waals surface area (Å²) in [6.45, 7) is 3.04. The topological polar surface area (TPSA) is 117 Å². The minimum atomic E-state index is -1.04. The highest BCUT2D eigenvalue weighted by Gasteiger charge is 2.76. The molecule has 3 saturated heterocycles. The number of fused-ring (bicyclic) bond motifs is 1. The number of rotatable bonds is 12. The third-order valence-corrected chi connectivity index (χ3v) is 9.88. The molecule has 1 spiro atoms. The van der Waals surface area contributed by atoms with Gasteiger partial charge in [0.25, 0.3) is 0 Å². The van der Waals surface area contributed by atoms with E-state index in [1.807, 2.05) is 6.92 Å². The molecule has 3 N–H and O–H groups in total. The van der Waals surface area contributed by atoms with Crippen LogP contribution in [-0.2, 0) is 19.1 Å². The van der Waals surface area contributed by atoms with Crippen molar-refractivity contribution >= 4 is 39.3 Å². The van der Waals surface area contributed by atoms with Gasteiger partial charge in [0.05, 0.1) is 24.5 Å².